The van der Waals surface area contributed by atoms with Crippen LogP contribution in [0.3, 0.4) is 0 Å². The minimum absolute atomic E-state index is 0. The number of piperidine rings is 1. The lowest BCUT2D eigenvalue weighted by Crippen LogP contribution is -2.44. The molecule has 1 aromatic heterocycles. The molecule has 0 unspecified atom stereocenters. The normalized spacial score (nSPS) is 21.1. The minimum atomic E-state index is -4.24. The Balaban J connectivity index is 0.00000370. The quantitative estimate of drug-likeness (QED) is 0.482. The third kappa shape index (κ3) is 6.64. The molecule has 3 heterocycles. The second kappa shape index (κ2) is 11.6. The molecule has 2 saturated heterocycles. The molecule has 40 heavy (non-hydrogen) atoms. The average Bonchev–Trinajstić information content (AvgIpc) is 3.54. The van der Waals surface area contributed by atoms with Crippen molar-refractivity contribution in [3.05, 3.63) is 41.4 Å². The summed E-state index contributed by atoms with van der Waals surface area (Å²) in [6.07, 6.45) is 3.02. The molecule has 0 radical (unpaired) electrons. The van der Waals surface area contributed by atoms with E-state index >= 15 is 0 Å². The van der Waals surface area contributed by atoms with Gasteiger partial charge in [-0.15, -0.1) is 0 Å². The monoisotopic (exact) mass is 610 g/mol. The Morgan fingerprint density at radius 1 is 1.10 bits per heavy atom. The molecule has 5 rings (SSSR count). The number of amides is 1. The van der Waals surface area contributed by atoms with Crippen LogP contribution < -0.4 is 19.3 Å². The number of hydrogen-bond donors (Lipinski definition) is 2. The van der Waals surface area contributed by atoms with Gasteiger partial charge < -0.3 is 19.6 Å². The van der Waals surface area contributed by atoms with E-state index in [4.69, 9.17) is 16.3 Å². The average molecular weight is 611 g/mol. The first-order valence-electron chi connectivity index (χ1n) is 13.6. The highest BCUT2D eigenvalue weighted by molar-refractivity contribution is 7.90. The van der Waals surface area contributed by atoms with Crippen LogP contribution in [-0.2, 0) is 14.8 Å². The van der Waals surface area contributed by atoms with Gasteiger partial charge in [-0.3, -0.25) is 4.79 Å². The second-order valence-corrected chi connectivity index (χ2v) is 14.1. The Morgan fingerprint density at radius 3 is 2.38 bits per heavy atom. The number of aliphatic hydroxyl groups is 1. The lowest BCUT2D eigenvalue weighted by molar-refractivity contribution is -0.127. The number of β-amino-alcohol motifs (C(OH)–C–C–N with tert-alkyl or cyclic N) is 1. The summed E-state index contributed by atoms with van der Waals surface area (Å²) in [6, 6.07) is 10.0. The van der Waals surface area contributed by atoms with Crippen molar-refractivity contribution in [1.29, 1.82) is 0 Å². The molecular formula is C28H39ClN4O5S2. The van der Waals surface area contributed by atoms with E-state index in [2.05, 4.69) is 35.4 Å². The molecule has 12 heteroatoms. The number of nitrogens with one attached hydrogen (secondary N) is 1. The fourth-order valence-corrected chi connectivity index (χ4v) is 6.63. The molecule has 2 N–H and O–H groups in total. The van der Waals surface area contributed by atoms with Crippen LogP contribution in [0.5, 0.6) is 5.75 Å². The molecule has 220 valence electrons. The highest BCUT2D eigenvalue weighted by Gasteiger charge is 2.54. The Morgan fingerprint density at radius 2 is 1.77 bits per heavy atom. The molecule has 1 saturated carbocycles. The van der Waals surface area contributed by atoms with Crippen LogP contribution in [0, 0.1) is 11.3 Å². The van der Waals surface area contributed by atoms with Gasteiger partial charge in [0.05, 0.1) is 11.8 Å². The van der Waals surface area contributed by atoms with Gasteiger partial charge in [-0.25, -0.2) is 9.71 Å². The number of carbonyl (C=O) groups excluding carboxylic acids is 1. The van der Waals surface area contributed by atoms with Crippen LogP contribution in [0.1, 0.15) is 52.9 Å². The summed E-state index contributed by atoms with van der Waals surface area (Å²) in [6.45, 7) is 9.52. The van der Waals surface area contributed by atoms with E-state index < -0.39 is 27.6 Å². The number of nitrogens with zero attached hydrogens (tertiary/aromatic N) is 3. The Kier molecular flexibility index (Phi) is 8.90. The van der Waals surface area contributed by atoms with Crippen molar-refractivity contribution in [3.63, 3.8) is 0 Å². The summed E-state index contributed by atoms with van der Waals surface area (Å²) in [7, 11) is -4.24. The summed E-state index contributed by atoms with van der Waals surface area (Å²) in [5.41, 5.74) is -0.180. The summed E-state index contributed by atoms with van der Waals surface area (Å²) in [5, 5.41) is 10.0. The molecule has 1 aromatic carbocycles. The minimum Gasteiger partial charge on any atom is -0.475 e. The third-order valence-electron chi connectivity index (χ3n) is 8.10. The molecule has 1 aliphatic carbocycles. The molecule has 0 spiro atoms. The van der Waals surface area contributed by atoms with Crippen molar-refractivity contribution in [2.24, 2.45) is 11.3 Å². The van der Waals surface area contributed by atoms with Gasteiger partial charge in [0.25, 0.3) is 15.9 Å². The maximum atomic E-state index is 13.3. The van der Waals surface area contributed by atoms with Crippen LogP contribution in [0.25, 0.3) is 0 Å². The van der Waals surface area contributed by atoms with E-state index in [0.717, 1.165) is 31.6 Å². The summed E-state index contributed by atoms with van der Waals surface area (Å²) in [4.78, 5) is 21.6. The van der Waals surface area contributed by atoms with Crippen LogP contribution in [0.4, 0.5) is 11.5 Å². The molecular weight excluding hydrogens is 572 g/mol. The van der Waals surface area contributed by atoms with E-state index in [-0.39, 0.29) is 23.9 Å². The molecule has 0 bridgehead atoms. The van der Waals surface area contributed by atoms with E-state index in [0.29, 0.717) is 54.9 Å². The number of halogens is 1. The van der Waals surface area contributed by atoms with Crippen molar-refractivity contribution in [2.45, 2.75) is 69.6 Å². The number of ether oxygens (including phenoxy) is 1. The first-order valence-corrected chi connectivity index (χ1v) is 15.4. The van der Waals surface area contributed by atoms with Gasteiger partial charge in [-0.1, -0.05) is 38.4 Å². The Hall–Kier alpha value is -2.21. The second-order valence-electron chi connectivity index (χ2n) is 12.0. The third-order valence-corrected chi connectivity index (χ3v) is 9.57. The zero-order valence-corrected chi connectivity index (χ0v) is 25.8. The van der Waals surface area contributed by atoms with Gasteiger partial charge in [-0.05, 0) is 54.9 Å². The number of anilines is 2. The van der Waals surface area contributed by atoms with Gasteiger partial charge >= 0.3 is 0 Å². The SMILES string of the molecule is CC(C)(C)C1CCN(c2ccc(Cl)cc2OC2(C(=O)NS(=O)(=O)c3cccc(N4CC[C@H](O)C4)n3)CC2)CC1.S. The number of sulfonamides is 1. The van der Waals surface area contributed by atoms with Crippen LogP contribution in [0.15, 0.2) is 41.4 Å². The Labute approximate surface area is 248 Å². The number of pyridine rings is 1. The topological polar surface area (TPSA) is 112 Å². The van der Waals surface area contributed by atoms with Crippen molar-refractivity contribution < 1.29 is 23.1 Å². The fraction of sp³-hybridized carbons (Fsp3) is 0.571. The lowest BCUT2D eigenvalue weighted by atomic mass is 9.75. The number of benzene rings is 1. The molecule has 9 nitrogen and oxygen atoms in total. The zero-order valence-electron chi connectivity index (χ0n) is 23.2. The number of hydrogen-bond acceptors (Lipinski definition) is 8. The Bertz CT molecular complexity index is 1340. The van der Waals surface area contributed by atoms with Crippen LogP contribution in [-0.4, -0.2) is 62.3 Å². The van der Waals surface area contributed by atoms with E-state index in [1.54, 1.807) is 18.2 Å². The van der Waals surface area contributed by atoms with Gasteiger partial charge in [0.15, 0.2) is 10.6 Å². The lowest BCUT2D eigenvalue weighted by Gasteiger charge is -2.40. The molecule has 3 aliphatic rings. The van der Waals surface area contributed by atoms with Gasteiger partial charge in [0.1, 0.15) is 11.6 Å². The highest BCUT2D eigenvalue weighted by atomic mass is 35.5. The highest BCUT2D eigenvalue weighted by Crippen LogP contribution is 2.45. The number of aromatic nitrogens is 1. The molecule has 2 aliphatic heterocycles. The number of rotatable bonds is 7. The van der Waals surface area contributed by atoms with Crippen LogP contribution in [0.2, 0.25) is 5.02 Å². The molecule has 3 fully saturated rings. The first-order chi connectivity index (χ1) is 18.4. The number of carbonyl (C=O) groups is 1. The number of aliphatic hydroxyl groups excluding tert-OH is 1. The molecule has 1 atom stereocenters. The fourth-order valence-electron chi connectivity index (χ4n) is 5.46. The van der Waals surface area contributed by atoms with Crippen LogP contribution >= 0.6 is 25.1 Å². The first kappa shape index (κ1) is 30.7. The largest absolute Gasteiger partial charge is 0.475 e. The maximum Gasteiger partial charge on any atom is 0.281 e. The van der Waals surface area contributed by atoms with Gasteiger partial charge in [0, 0.05) is 50.1 Å². The van der Waals surface area contributed by atoms with Crippen molar-refractivity contribution >= 4 is 52.5 Å². The maximum absolute atomic E-state index is 13.3. The van der Waals surface area contributed by atoms with Gasteiger partial charge in [-0.2, -0.15) is 21.9 Å². The zero-order chi connectivity index (χ0) is 28.0. The van der Waals surface area contributed by atoms with Gasteiger partial charge in [0.2, 0.25) is 0 Å². The smallest absolute Gasteiger partial charge is 0.281 e. The van der Waals surface area contributed by atoms with E-state index in [9.17, 15) is 18.3 Å². The standard InChI is InChI=1S/C28H37ClN4O5S.H2S/c1-27(2,3)19-9-14-32(15-10-19)22-8-7-20(29)17-23(22)38-28(12-13-28)26(35)31-39(36,37)25-6-4-5-24(30-25)33-16-11-21(34)18-33;/h4-8,17,19,21,34H,9-16,18H2,1-3H3,(H,31,35);1H2/t21-;/m0./s1. The van der Waals surface area contributed by atoms with Crippen molar-refractivity contribution in [2.75, 3.05) is 36.0 Å². The predicted molar refractivity (Wildman–Crippen MR) is 161 cm³/mol. The summed E-state index contributed by atoms with van der Waals surface area (Å²) >= 11 is 6.31. The molecule has 1 amide bonds. The van der Waals surface area contributed by atoms with E-state index in [1.165, 1.54) is 6.07 Å². The van der Waals surface area contributed by atoms with Crippen molar-refractivity contribution in [1.82, 2.24) is 9.71 Å². The summed E-state index contributed by atoms with van der Waals surface area (Å²) in [5.74, 6) is 0.829. The summed E-state index contributed by atoms with van der Waals surface area (Å²) < 4.78 is 34.7. The molecule has 2 aromatic rings. The predicted octanol–water partition coefficient (Wildman–Crippen LogP) is 4.10. The van der Waals surface area contributed by atoms with Crippen molar-refractivity contribution in [3.8, 4) is 5.75 Å². The van der Waals surface area contributed by atoms with E-state index in [1.807, 2.05) is 17.0 Å².